The van der Waals surface area contributed by atoms with Gasteiger partial charge in [-0.1, -0.05) is 127 Å². The van der Waals surface area contributed by atoms with Crippen LogP contribution >= 0.6 is 11.3 Å². The highest BCUT2D eigenvalue weighted by molar-refractivity contribution is 7.25. The van der Waals surface area contributed by atoms with E-state index in [9.17, 15) is 0 Å². The quantitative estimate of drug-likeness (QED) is 0.174. The average molecular weight is 695 g/mol. The van der Waals surface area contributed by atoms with Gasteiger partial charge in [0.05, 0.1) is 16.7 Å². The molecule has 0 fully saturated rings. The second-order valence-electron chi connectivity index (χ2n) is 14.2. The number of para-hydroxylation sites is 3. The molecular formula is C50H34N2S. The monoisotopic (exact) mass is 694 g/mol. The van der Waals surface area contributed by atoms with Crippen molar-refractivity contribution in [1.29, 1.82) is 0 Å². The number of benzene rings is 8. The van der Waals surface area contributed by atoms with E-state index in [1.165, 1.54) is 75.5 Å². The second kappa shape index (κ2) is 11.5. The van der Waals surface area contributed by atoms with E-state index in [1.54, 1.807) is 0 Å². The zero-order chi connectivity index (χ0) is 35.1. The topological polar surface area (TPSA) is 8.17 Å². The van der Waals surface area contributed by atoms with Crippen LogP contribution in [0.1, 0.15) is 23.6 Å². The third-order valence-electron chi connectivity index (χ3n) is 11.5. The fraction of sp³-hybridized carbons (Fsp3) is 0.0400. The number of nitrogens with zero attached hydrogens (tertiary/aromatic N) is 2. The molecule has 0 radical (unpaired) electrons. The predicted octanol–water partition coefficient (Wildman–Crippen LogP) is 14.0. The van der Waals surface area contributed by atoms with Crippen molar-refractivity contribution < 1.29 is 0 Å². The Morgan fingerprint density at radius 1 is 0.434 bits per heavy atom. The molecular weight excluding hydrogens is 661 g/mol. The zero-order valence-electron chi connectivity index (χ0n) is 29.2. The lowest BCUT2D eigenvalue weighted by atomic mass is 9.73. The molecule has 10 aromatic rings. The van der Waals surface area contributed by atoms with Gasteiger partial charge in [-0.05, 0) is 95.4 Å². The van der Waals surface area contributed by atoms with Crippen LogP contribution in [-0.2, 0) is 5.41 Å². The first-order valence-electron chi connectivity index (χ1n) is 18.3. The Kier molecular flexibility index (Phi) is 6.58. The Morgan fingerprint density at radius 2 is 1.00 bits per heavy atom. The van der Waals surface area contributed by atoms with Crippen molar-refractivity contribution in [2.24, 2.45) is 0 Å². The molecule has 3 heteroatoms. The SMILES string of the molecule is CC1(c2ccccc2N(c2ccc3c(c2)sc2ccccc23)c2ccc3c(c2)c2ccccc2n3-c2ccccc2)c2ccccc2-c2ccccc21. The summed E-state index contributed by atoms with van der Waals surface area (Å²) in [5, 5.41) is 5.09. The smallest absolute Gasteiger partial charge is 0.0542 e. The van der Waals surface area contributed by atoms with Crippen LogP contribution in [0.2, 0.25) is 0 Å². The summed E-state index contributed by atoms with van der Waals surface area (Å²) in [6.07, 6.45) is 0. The van der Waals surface area contributed by atoms with E-state index < -0.39 is 0 Å². The Morgan fingerprint density at radius 3 is 1.79 bits per heavy atom. The fourth-order valence-electron chi connectivity index (χ4n) is 9.07. The number of fused-ring (bicyclic) bond motifs is 9. The summed E-state index contributed by atoms with van der Waals surface area (Å²) in [5.41, 5.74) is 13.2. The molecule has 8 aromatic carbocycles. The van der Waals surface area contributed by atoms with Crippen molar-refractivity contribution in [2.75, 3.05) is 4.90 Å². The summed E-state index contributed by atoms with van der Waals surface area (Å²) >= 11 is 1.87. The molecule has 2 heterocycles. The van der Waals surface area contributed by atoms with Crippen LogP contribution in [0.3, 0.4) is 0 Å². The maximum absolute atomic E-state index is 2.50. The van der Waals surface area contributed by atoms with Gasteiger partial charge in [0, 0.05) is 53.4 Å². The molecule has 0 bridgehead atoms. The van der Waals surface area contributed by atoms with E-state index in [1.807, 2.05) is 11.3 Å². The number of rotatable bonds is 5. The number of aromatic nitrogens is 1. The van der Waals surface area contributed by atoms with Crippen molar-refractivity contribution in [1.82, 2.24) is 4.57 Å². The van der Waals surface area contributed by atoms with Crippen LogP contribution in [0.15, 0.2) is 188 Å². The molecule has 1 aliphatic carbocycles. The first-order valence-corrected chi connectivity index (χ1v) is 19.1. The molecule has 0 aliphatic heterocycles. The summed E-state index contributed by atoms with van der Waals surface area (Å²) < 4.78 is 4.99. The van der Waals surface area contributed by atoms with E-state index in [4.69, 9.17) is 0 Å². The summed E-state index contributed by atoms with van der Waals surface area (Å²) in [7, 11) is 0. The molecule has 250 valence electrons. The molecule has 11 rings (SSSR count). The van der Waals surface area contributed by atoms with Crippen molar-refractivity contribution in [3.8, 4) is 16.8 Å². The van der Waals surface area contributed by atoms with Gasteiger partial charge in [-0.3, -0.25) is 0 Å². The molecule has 0 atom stereocenters. The van der Waals surface area contributed by atoms with E-state index in [0.717, 1.165) is 17.1 Å². The number of anilines is 3. The van der Waals surface area contributed by atoms with E-state index in [2.05, 4.69) is 204 Å². The predicted molar refractivity (Wildman–Crippen MR) is 226 cm³/mol. The van der Waals surface area contributed by atoms with Crippen molar-refractivity contribution in [3.05, 3.63) is 205 Å². The van der Waals surface area contributed by atoms with Gasteiger partial charge in [-0.25, -0.2) is 0 Å². The van der Waals surface area contributed by atoms with Gasteiger partial charge >= 0.3 is 0 Å². The standard InChI is InChI=1S/C50H34N2S/c1-50(42-21-9-5-17-36(42)37-18-6-10-22-43(37)50)44-23-11-13-25-47(44)51(35-27-29-40-39-20-8-14-26-48(39)53-49(40)32-35)34-28-30-46-41(31-34)38-19-7-12-24-45(38)52(46)33-15-3-2-4-16-33/h2-32H,1H3. The summed E-state index contributed by atoms with van der Waals surface area (Å²) in [6, 6.07) is 69.3. The van der Waals surface area contributed by atoms with Crippen LogP contribution in [0.25, 0.3) is 58.8 Å². The lowest BCUT2D eigenvalue weighted by Gasteiger charge is -2.35. The molecule has 53 heavy (non-hydrogen) atoms. The first-order chi connectivity index (χ1) is 26.2. The maximum atomic E-state index is 2.50. The van der Waals surface area contributed by atoms with Gasteiger partial charge < -0.3 is 9.47 Å². The van der Waals surface area contributed by atoms with Crippen LogP contribution in [0.5, 0.6) is 0 Å². The van der Waals surface area contributed by atoms with Crippen LogP contribution < -0.4 is 4.90 Å². The molecule has 0 N–H and O–H groups in total. The first kappa shape index (κ1) is 30.2. The molecule has 0 unspecified atom stereocenters. The van der Waals surface area contributed by atoms with E-state index >= 15 is 0 Å². The Balaban J connectivity index is 1.20. The highest BCUT2D eigenvalue weighted by Gasteiger charge is 2.42. The van der Waals surface area contributed by atoms with E-state index in [-0.39, 0.29) is 5.41 Å². The maximum Gasteiger partial charge on any atom is 0.0542 e. The third kappa shape index (κ3) is 4.38. The minimum Gasteiger partial charge on any atom is -0.310 e. The van der Waals surface area contributed by atoms with Gasteiger partial charge in [-0.2, -0.15) is 0 Å². The van der Waals surface area contributed by atoms with Crippen LogP contribution in [0.4, 0.5) is 17.1 Å². The summed E-state index contributed by atoms with van der Waals surface area (Å²) in [4.78, 5) is 2.50. The minimum atomic E-state index is -0.364. The summed E-state index contributed by atoms with van der Waals surface area (Å²) in [5.74, 6) is 0. The molecule has 0 amide bonds. The molecule has 2 aromatic heterocycles. The number of hydrogen-bond donors (Lipinski definition) is 0. The Bertz CT molecular complexity index is 2990. The molecule has 0 spiro atoms. The summed E-state index contributed by atoms with van der Waals surface area (Å²) in [6.45, 7) is 2.42. The number of hydrogen-bond acceptors (Lipinski definition) is 2. The van der Waals surface area contributed by atoms with Crippen molar-refractivity contribution in [3.63, 3.8) is 0 Å². The lowest BCUT2D eigenvalue weighted by molar-refractivity contribution is 0.714. The normalized spacial score (nSPS) is 13.2. The van der Waals surface area contributed by atoms with Gasteiger partial charge in [0.2, 0.25) is 0 Å². The van der Waals surface area contributed by atoms with Gasteiger partial charge in [-0.15, -0.1) is 11.3 Å². The lowest BCUT2D eigenvalue weighted by Crippen LogP contribution is -2.25. The molecule has 1 aliphatic rings. The van der Waals surface area contributed by atoms with E-state index in [0.29, 0.717) is 0 Å². The van der Waals surface area contributed by atoms with Crippen LogP contribution in [-0.4, -0.2) is 4.57 Å². The van der Waals surface area contributed by atoms with Crippen molar-refractivity contribution in [2.45, 2.75) is 12.3 Å². The van der Waals surface area contributed by atoms with Gasteiger partial charge in [0.15, 0.2) is 0 Å². The second-order valence-corrected chi connectivity index (χ2v) is 15.3. The molecule has 2 nitrogen and oxygen atoms in total. The minimum absolute atomic E-state index is 0.364. The molecule has 0 saturated carbocycles. The number of thiophene rings is 1. The van der Waals surface area contributed by atoms with Gasteiger partial charge in [0.25, 0.3) is 0 Å². The highest BCUT2D eigenvalue weighted by Crippen LogP contribution is 2.55. The third-order valence-corrected chi connectivity index (χ3v) is 12.6. The zero-order valence-corrected chi connectivity index (χ0v) is 30.0. The average Bonchev–Trinajstić information content (AvgIpc) is 3.85. The Hall–Kier alpha value is -6.42. The van der Waals surface area contributed by atoms with Crippen LogP contribution in [0, 0.1) is 0 Å². The van der Waals surface area contributed by atoms with Crippen molar-refractivity contribution >= 4 is 70.4 Å². The fourth-order valence-corrected chi connectivity index (χ4v) is 10.2. The van der Waals surface area contributed by atoms with Gasteiger partial charge in [0.1, 0.15) is 0 Å². The highest BCUT2D eigenvalue weighted by atomic mass is 32.1. The molecule has 0 saturated heterocycles. The Labute approximate surface area is 312 Å². The largest absolute Gasteiger partial charge is 0.310 e.